The molecule has 0 heterocycles. The summed E-state index contributed by atoms with van der Waals surface area (Å²) in [5.74, 6) is -0.00212. The quantitative estimate of drug-likeness (QED) is 0.811. The molecule has 0 atom stereocenters. The van der Waals surface area contributed by atoms with E-state index in [2.05, 4.69) is 6.58 Å². The van der Waals surface area contributed by atoms with Crippen molar-refractivity contribution >= 4 is 11.6 Å². The number of amides is 1. The van der Waals surface area contributed by atoms with E-state index in [9.17, 15) is 4.79 Å². The molecule has 2 aromatic carbocycles. The number of carbonyl (C=O) groups is 1. The van der Waals surface area contributed by atoms with Gasteiger partial charge in [-0.3, -0.25) is 4.79 Å². The monoisotopic (exact) mass is 251 g/mol. The van der Waals surface area contributed by atoms with Crippen molar-refractivity contribution in [2.75, 3.05) is 0 Å². The van der Waals surface area contributed by atoms with Crippen molar-refractivity contribution < 1.29 is 4.79 Å². The molecule has 0 aliphatic carbocycles. The molecule has 0 saturated heterocycles. The van der Waals surface area contributed by atoms with Gasteiger partial charge in [0.1, 0.15) is 0 Å². The van der Waals surface area contributed by atoms with E-state index in [1.165, 1.54) is 0 Å². The van der Waals surface area contributed by atoms with Crippen molar-refractivity contribution in [1.29, 1.82) is 0 Å². The molecule has 2 nitrogen and oxygen atoms in total. The molecule has 2 rings (SSSR count). The van der Waals surface area contributed by atoms with Crippen LogP contribution in [0.5, 0.6) is 0 Å². The van der Waals surface area contributed by atoms with Crippen LogP contribution in [0.25, 0.3) is 5.70 Å². The Balaban J connectivity index is 2.22. The van der Waals surface area contributed by atoms with E-state index < -0.39 is 0 Å². The lowest BCUT2D eigenvalue weighted by Crippen LogP contribution is -2.26. The summed E-state index contributed by atoms with van der Waals surface area (Å²) in [6.45, 7) is 6.16. The zero-order valence-electron chi connectivity index (χ0n) is 11.0. The molecule has 2 heteroatoms. The SMILES string of the molecule is C=C(c1ccccc1)N(Cc1ccccc1)C(C)=O. The van der Waals surface area contributed by atoms with Crippen LogP contribution in [0, 0.1) is 0 Å². The highest BCUT2D eigenvalue weighted by atomic mass is 16.2. The van der Waals surface area contributed by atoms with Crippen molar-refractivity contribution in [3.8, 4) is 0 Å². The van der Waals surface area contributed by atoms with Crippen LogP contribution in [0.4, 0.5) is 0 Å². The molecule has 0 aliphatic rings. The van der Waals surface area contributed by atoms with Crippen molar-refractivity contribution in [2.45, 2.75) is 13.5 Å². The van der Waals surface area contributed by atoms with Crippen LogP contribution in [0.1, 0.15) is 18.1 Å². The van der Waals surface area contributed by atoms with Crippen LogP contribution in [0.15, 0.2) is 67.2 Å². The molecule has 0 N–H and O–H groups in total. The highest BCUT2D eigenvalue weighted by Crippen LogP contribution is 2.19. The Labute approximate surface area is 114 Å². The average molecular weight is 251 g/mol. The number of nitrogens with zero attached hydrogens (tertiary/aromatic N) is 1. The number of carbonyl (C=O) groups excluding carboxylic acids is 1. The van der Waals surface area contributed by atoms with E-state index in [1.54, 1.807) is 11.8 Å². The molecular weight excluding hydrogens is 234 g/mol. The molecule has 0 saturated carbocycles. The number of benzene rings is 2. The van der Waals surface area contributed by atoms with Gasteiger partial charge < -0.3 is 4.90 Å². The summed E-state index contributed by atoms with van der Waals surface area (Å²) in [5.41, 5.74) is 2.79. The molecule has 96 valence electrons. The molecule has 0 bridgehead atoms. The summed E-state index contributed by atoms with van der Waals surface area (Å²) in [6.07, 6.45) is 0. The van der Waals surface area contributed by atoms with Gasteiger partial charge in [0, 0.05) is 12.6 Å². The van der Waals surface area contributed by atoms with Crippen LogP contribution in [-0.4, -0.2) is 10.8 Å². The fraction of sp³-hybridized carbons (Fsp3) is 0.118. The smallest absolute Gasteiger partial charge is 0.224 e. The lowest BCUT2D eigenvalue weighted by Gasteiger charge is -2.23. The average Bonchev–Trinajstić information content (AvgIpc) is 2.46. The molecular formula is C17H17NO. The van der Waals surface area contributed by atoms with E-state index >= 15 is 0 Å². The normalized spacial score (nSPS) is 9.95. The first-order chi connectivity index (χ1) is 9.18. The minimum Gasteiger partial charge on any atom is -0.308 e. The topological polar surface area (TPSA) is 20.3 Å². The fourth-order valence-corrected chi connectivity index (χ4v) is 1.95. The molecule has 1 amide bonds. The van der Waals surface area contributed by atoms with Gasteiger partial charge in [0.25, 0.3) is 0 Å². The lowest BCUT2D eigenvalue weighted by molar-refractivity contribution is -0.126. The van der Waals surface area contributed by atoms with Crippen molar-refractivity contribution in [3.63, 3.8) is 0 Å². The van der Waals surface area contributed by atoms with Gasteiger partial charge in [0.15, 0.2) is 0 Å². The Morgan fingerprint density at radius 1 is 1.00 bits per heavy atom. The molecule has 0 fully saturated rings. The Morgan fingerprint density at radius 2 is 1.53 bits per heavy atom. The van der Waals surface area contributed by atoms with Crippen LogP contribution >= 0.6 is 0 Å². The molecule has 19 heavy (non-hydrogen) atoms. The summed E-state index contributed by atoms with van der Waals surface area (Å²) < 4.78 is 0. The third-order valence-electron chi connectivity index (χ3n) is 3.00. The van der Waals surface area contributed by atoms with E-state index in [0.717, 1.165) is 16.8 Å². The second kappa shape index (κ2) is 6.01. The zero-order valence-corrected chi connectivity index (χ0v) is 11.0. The molecule has 0 unspecified atom stereocenters. The predicted molar refractivity (Wildman–Crippen MR) is 78.1 cm³/mol. The maximum atomic E-state index is 11.8. The van der Waals surface area contributed by atoms with Crippen molar-refractivity contribution in [1.82, 2.24) is 4.90 Å². The minimum atomic E-state index is -0.00212. The van der Waals surface area contributed by atoms with Gasteiger partial charge in [-0.05, 0) is 11.1 Å². The summed E-state index contributed by atoms with van der Waals surface area (Å²) in [4.78, 5) is 13.5. The highest BCUT2D eigenvalue weighted by molar-refractivity contribution is 5.84. The lowest BCUT2D eigenvalue weighted by atomic mass is 10.1. The van der Waals surface area contributed by atoms with Gasteiger partial charge in [-0.15, -0.1) is 0 Å². The summed E-state index contributed by atoms with van der Waals surface area (Å²) in [6, 6.07) is 19.7. The summed E-state index contributed by atoms with van der Waals surface area (Å²) in [7, 11) is 0. The van der Waals surface area contributed by atoms with Crippen LogP contribution < -0.4 is 0 Å². The minimum absolute atomic E-state index is 0.00212. The molecule has 0 aromatic heterocycles. The standard InChI is InChI=1S/C17H17NO/c1-14(17-11-7-4-8-12-17)18(15(2)19)13-16-9-5-3-6-10-16/h3-12H,1,13H2,2H3. The second-order valence-corrected chi connectivity index (χ2v) is 4.40. The first kappa shape index (κ1) is 13.1. The van der Waals surface area contributed by atoms with E-state index in [4.69, 9.17) is 0 Å². The third kappa shape index (κ3) is 3.32. The molecule has 0 aliphatic heterocycles. The summed E-state index contributed by atoms with van der Waals surface area (Å²) >= 11 is 0. The highest BCUT2D eigenvalue weighted by Gasteiger charge is 2.14. The van der Waals surface area contributed by atoms with Gasteiger partial charge in [-0.1, -0.05) is 67.2 Å². The Bertz CT molecular complexity index is 560. The van der Waals surface area contributed by atoms with Gasteiger partial charge >= 0.3 is 0 Å². The largest absolute Gasteiger partial charge is 0.308 e. The Morgan fingerprint density at radius 3 is 2.05 bits per heavy atom. The molecule has 2 aromatic rings. The van der Waals surface area contributed by atoms with Gasteiger partial charge in [0.2, 0.25) is 5.91 Å². The van der Waals surface area contributed by atoms with E-state index in [-0.39, 0.29) is 5.91 Å². The van der Waals surface area contributed by atoms with E-state index in [0.29, 0.717) is 6.54 Å². The zero-order chi connectivity index (χ0) is 13.7. The maximum absolute atomic E-state index is 11.8. The van der Waals surface area contributed by atoms with Crippen molar-refractivity contribution in [2.24, 2.45) is 0 Å². The third-order valence-corrected chi connectivity index (χ3v) is 3.00. The first-order valence-corrected chi connectivity index (χ1v) is 6.25. The number of hydrogen-bond donors (Lipinski definition) is 0. The van der Waals surface area contributed by atoms with Crippen LogP contribution in [0.2, 0.25) is 0 Å². The van der Waals surface area contributed by atoms with Crippen molar-refractivity contribution in [3.05, 3.63) is 78.4 Å². The number of hydrogen-bond acceptors (Lipinski definition) is 1. The van der Waals surface area contributed by atoms with Crippen LogP contribution in [-0.2, 0) is 11.3 Å². The number of rotatable bonds is 4. The molecule has 0 spiro atoms. The Hall–Kier alpha value is -2.35. The summed E-state index contributed by atoms with van der Waals surface area (Å²) in [5, 5.41) is 0. The maximum Gasteiger partial charge on any atom is 0.224 e. The van der Waals surface area contributed by atoms with Gasteiger partial charge in [0.05, 0.1) is 6.54 Å². The Kier molecular flexibility index (Phi) is 4.14. The van der Waals surface area contributed by atoms with Crippen LogP contribution in [0.3, 0.4) is 0 Å². The predicted octanol–water partition coefficient (Wildman–Crippen LogP) is 3.71. The van der Waals surface area contributed by atoms with Gasteiger partial charge in [-0.25, -0.2) is 0 Å². The fourth-order valence-electron chi connectivity index (χ4n) is 1.95. The molecule has 0 radical (unpaired) electrons. The second-order valence-electron chi connectivity index (χ2n) is 4.40. The van der Waals surface area contributed by atoms with E-state index in [1.807, 2.05) is 60.7 Å². The first-order valence-electron chi connectivity index (χ1n) is 6.25. The van der Waals surface area contributed by atoms with Gasteiger partial charge in [-0.2, -0.15) is 0 Å².